The molecule has 1 aromatic carbocycles. The zero-order valence-electron chi connectivity index (χ0n) is 14.7. The van der Waals surface area contributed by atoms with Crippen molar-refractivity contribution in [1.82, 2.24) is 15.1 Å². The van der Waals surface area contributed by atoms with Crippen molar-refractivity contribution in [3.05, 3.63) is 29.8 Å². The van der Waals surface area contributed by atoms with Crippen molar-refractivity contribution in [1.29, 1.82) is 0 Å². The number of benzene rings is 1. The Morgan fingerprint density at radius 2 is 1.71 bits per heavy atom. The van der Waals surface area contributed by atoms with Gasteiger partial charge in [-0.15, -0.1) is 0 Å². The van der Waals surface area contributed by atoms with Crippen LogP contribution in [0, 0.1) is 0 Å². The summed E-state index contributed by atoms with van der Waals surface area (Å²) in [6.45, 7) is 8.86. The average Bonchev–Trinajstić information content (AvgIpc) is 2.81. The van der Waals surface area contributed by atoms with E-state index in [1.165, 1.54) is 0 Å². The van der Waals surface area contributed by atoms with E-state index in [4.69, 9.17) is 4.74 Å². The van der Waals surface area contributed by atoms with Crippen LogP contribution >= 0.6 is 0 Å². The molecule has 0 bridgehead atoms. The number of amides is 3. The fourth-order valence-corrected chi connectivity index (χ4v) is 2.70. The summed E-state index contributed by atoms with van der Waals surface area (Å²) in [5.41, 5.74) is 0.651. The molecule has 3 amide bonds. The van der Waals surface area contributed by atoms with Crippen molar-refractivity contribution in [3.8, 4) is 5.75 Å². The lowest BCUT2D eigenvalue weighted by Gasteiger charge is -2.23. The first-order valence-corrected chi connectivity index (χ1v) is 8.59. The number of carbonyl (C=O) groups excluding carboxylic acids is 2. The molecule has 2 rings (SSSR count). The Morgan fingerprint density at radius 1 is 1.08 bits per heavy atom. The minimum Gasteiger partial charge on any atom is -0.494 e. The van der Waals surface area contributed by atoms with E-state index < -0.39 is 0 Å². The van der Waals surface area contributed by atoms with Crippen LogP contribution in [-0.2, 0) is 0 Å². The minimum absolute atomic E-state index is 0.00386. The molecule has 0 radical (unpaired) electrons. The number of rotatable bonds is 4. The van der Waals surface area contributed by atoms with Crippen LogP contribution in [0.15, 0.2) is 24.3 Å². The van der Waals surface area contributed by atoms with Crippen LogP contribution in [-0.4, -0.2) is 60.6 Å². The Morgan fingerprint density at radius 3 is 2.33 bits per heavy atom. The highest BCUT2D eigenvalue weighted by Crippen LogP contribution is 2.15. The Hall–Kier alpha value is -2.24. The SMILES string of the molecule is CCOc1ccc(C(=O)N2CCCN(C(=O)NC(C)C)CC2)cc1. The van der Waals surface area contributed by atoms with Gasteiger partial charge >= 0.3 is 6.03 Å². The van der Waals surface area contributed by atoms with Gasteiger partial charge in [0, 0.05) is 37.8 Å². The normalized spacial score (nSPS) is 15.2. The Balaban J connectivity index is 1.95. The number of ether oxygens (including phenoxy) is 1. The highest BCUT2D eigenvalue weighted by atomic mass is 16.5. The van der Waals surface area contributed by atoms with E-state index in [0.717, 1.165) is 12.2 Å². The summed E-state index contributed by atoms with van der Waals surface area (Å²) in [7, 11) is 0. The highest BCUT2D eigenvalue weighted by molar-refractivity contribution is 5.94. The summed E-state index contributed by atoms with van der Waals surface area (Å²) in [6, 6.07) is 7.28. The van der Waals surface area contributed by atoms with E-state index in [9.17, 15) is 9.59 Å². The first-order valence-electron chi connectivity index (χ1n) is 8.59. The fraction of sp³-hybridized carbons (Fsp3) is 0.556. The van der Waals surface area contributed by atoms with Gasteiger partial charge in [0.15, 0.2) is 0 Å². The molecule has 1 N–H and O–H groups in total. The largest absolute Gasteiger partial charge is 0.494 e. The van der Waals surface area contributed by atoms with Crippen molar-refractivity contribution in [3.63, 3.8) is 0 Å². The summed E-state index contributed by atoms with van der Waals surface area (Å²) in [4.78, 5) is 28.3. The topological polar surface area (TPSA) is 61.9 Å². The lowest BCUT2D eigenvalue weighted by molar-refractivity contribution is 0.0762. The number of nitrogens with zero attached hydrogens (tertiary/aromatic N) is 2. The fourth-order valence-electron chi connectivity index (χ4n) is 2.70. The maximum Gasteiger partial charge on any atom is 0.317 e. The monoisotopic (exact) mass is 333 g/mol. The van der Waals surface area contributed by atoms with Crippen LogP contribution in [0.1, 0.15) is 37.6 Å². The van der Waals surface area contributed by atoms with E-state index >= 15 is 0 Å². The zero-order chi connectivity index (χ0) is 17.5. The third-order valence-electron chi connectivity index (χ3n) is 3.89. The highest BCUT2D eigenvalue weighted by Gasteiger charge is 2.23. The molecule has 0 unspecified atom stereocenters. The van der Waals surface area contributed by atoms with E-state index in [2.05, 4.69) is 5.32 Å². The van der Waals surface area contributed by atoms with Crippen LogP contribution in [0.4, 0.5) is 4.79 Å². The number of nitrogens with one attached hydrogen (secondary N) is 1. The number of hydrogen-bond donors (Lipinski definition) is 1. The quantitative estimate of drug-likeness (QED) is 0.920. The lowest BCUT2D eigenvalue weighted by atomic mass is 10.2. The summed E-state index contributed by atoms with van der Waals surface area (Å²) in [6.07, 6.45) is 0.786. The van der Waals surface area contributed by atoms with E-state index in [1.54, 1.807) is 17.0 Å². The predicted octanol–water partition coefficient (Wildman–Crippen LogP) is 2.35. The van der Waals surface area contributed by atoms with Gasteiger partial charge in [0.05, 0.1) is 6.61 Å². The maximum atomic E-state index is 12.6. The third kappa shape index (κ3) is 4.88. The van der Waals surface area contributed by atoms with Crippen LogP contribution in [0.5, 0.6) is 5.75 Å². The van der Waals surface area contributed by atoms with Gasteiger partial charge in [-0.3, -0.25) is 4.79 Å². The molecule has 24 heavy (non-hydrogen) atoms. The van der Waals surface area contributed by atoms with Crippen LogP contribution in [0.25, 0.3) is 0 Å². The zero-order valence-corrected chi connectivity index (χ0v) is 14.7. The maximum absolute atomic E-state index is 12.6. The molecule has 0 spiro atoms. The minimum atomic E-state index is -0.0552. The second-order valence-electron chi connectivity index (χ2n) is 6.19. The van der Waals surface area contributed by atoms with E-state index in [-0.39, 0.29) is 18.0 Å². The smallest absolute Gasteiger partial charge is 0.317 e. The summed E-state index contributed by atoms with van der Waals surface area (Å²) >= 11 is 0. The molecule has 132 valence electrons. The van der Waals surface area contributed by atoms with Gasteiger partial charge < -0.3 is 19.9 Å². The number of carbonyl (C=O) groups is 2. The van der Waals surface area contributed by atoms with Crippen molar-refractivity contribution < 1.29 is 14.3 Å². The Kier molecular flexibility index (Phi) is 6.46. The molecule has 0 saturated carbocycles. The molecule has 1 aliphatic rings. The first kappa shape index (κ1) is 18.1. The van der Waals surface area contributed by atoms with E-state index in [0.29, 0.717) is 38.3 Å². The summed E-state index contributed by atoms with van der Waals surface area (Å²) in [5, 5.41) is 2.90. The molecule has 6 nitrogen and oxygen atoms in total. The molecule has 0 atom stereocenters. The molecule has 6 heteroatoms. The molecule has 1 heterocycles. The summed E-state index contributed by atoms with van der Waals surface area (Å²) in [5.74, 6) is 0.769. The molecule has 0 aromatic heterocycles. The predicted molar refractivity (Wildman–Crippen MR) is 93.4 cm³/mol. The van der Waals surface area contributed by atoms with Crippen molar-refractivity contribution in [2.24, 2.45) is 0 Å². The van der Waals surface area contributed by atoms with Crippen LogP contribution in [0.3, 0.4) is 0 Å². The van der Waals surface area contributed by atoms with Gasteiger partial charge in [-0.25, -0.2) is 4.79 Å². The van der Waals surface area contributed by atoms with Gasteiger partial charge in [0.25, 0.3) is 5.91 Å². The third-order valence-corrected chi connectivity index (χ3v) is 3.89. The van der Waals surface area contributed by atoms with Gasteiger partial charge in [-0.1, -0.05) is 0 Å². The molecule has 1 aliphatic heterocycles. The first-order chi connectivity index (χ1) is 11.5. The van der Waals surface area contributed by atoms with Crippen molar-refractivity contribution >= 4 is 11.9 Å². The van der Waals surface area contributed by atoms with Gasteiger partial charge in [-0.05, 0) is 51.5 Å². The summed E-state index contributed by atoms with van der Waals surface area (Å²) < 4.78 is 5.40. The number of urea groups is 1. The van der Waals surface area contributed by atoms with Gasteiger partial charge in [-0.2, -0.15) is 0 Å². The Bertz CT molecular complexity index is 557. The molecule has 1 saturated heterocycles. The van der Waals surface area contributed by atoms with Gasteiger partial charge in [0.2, 0.25) is 0 Å². The van der Waals surface area contributed by atoms with E-state index in [1.807, 2.05) is 37.8 Å². The number of hydrogen-bond acceptors (Lipinski definition) is 3. The standard InChI is InChI=1S/C18H27N3O3/c1-4-24-16-8-6-15(7-9-16)17(22)20-10-5-11-21(13-12-20)18(23)19-14(2)3/h6-9,14H,4-5,10-13H2,1-3H3,(H,19,23). The Labute approximate surface area is 143 Å². The second kappa shape index (κ2) is 8.57. The van der Waals surface area contributed by atoms with Crippen LogP contribution < -0.4 is 10.1 Å². The molecule has 1 fully saturated rings. The van der Waals surface area contributed by atoms with Crippen LogP contribution in [0.2, 0.25) is 0 Å². The average molecular weight is 333 g/mol. The molecule has 1 aromatic rings. The van der Waals surface area contributed by atoms with Crippen molar-refractivity contribution in [2.45, 2.75) is 33.2 Å². The molecule has 0 aliphatic carbocycles. The second-order valence-corrected chi connectivity index (χ2v) is 6.19. The molecular weight excluding hydrogens is 306 g/mol. The van der Waals surface area contributed by atoms with Gasteiger partial charge in [0.1, 0.15) is 5.75 Å². The molecular formula is C18H27N3O3. The van der Waals surface area contributed by atoms with Crippen molar-refractivity contribution in [2.75, 3.05) is 32.8 Å². The lowest BCUT2D eigenvalue weighted by Crippen LogP contribution is -2.44.